The smallest absolute Gasteiger partial charge is 0.216 e. The van der Waals surface area contributed by atoms with E-state index in [4.69, 9.17) is 10.5 Å². The predicted octanol–water partition coefficient (Wildman–Crippen LogP) is 0.0202. The minimum absolute atomic E-state index is 0.0468. The van der Waals surface area contributed by atoms with Crippen LogP contribution in [0.3, 0.4) is 0 Å². The standard InChI is InChI=1S/C10H22N2O3S/c1-8-4-10(5-11)6-12(8)16(13,14)7-9(2)15-3/h8-10H,4-7,11H2,1-3H3. The van der Waals surface area contributed by atoms with Gasteiger partial charge in [0.25, 0.3) is 0 Å². The second kappa shape index (κ2) is 5.44. The molecule has 0 saturated carbocycles. The first kappa shape index (κ1) is 13.9. The van der Waals surface area contributed by atoms with E-state index >= 15 is 0 Å². The molecule has 0 aromatic heterocycles. The number of sulfonamides is 1. The molecule has 1 aliphatic heterocycles. The van der Waals surface area contributed by atoms with Crippen molar-refractivity contribution in [1.29, 1.82) is 0 Å². The zero-order valence-electron chi connectivity index (χ0n) is 10.2. The quantitative estimate of drug-likeness (QED) is 0.746. The van der Waals surface area contributed by atoms with Gasteiger partial charge in [0.2, 0.25) is 10.0 Å². The Bertz CT molecular complexity index is 318. The summed E-state index contributed by atoms with van der Waals surface area (Å²) < 4.78 is 30.7. The van der Waals surface area contributed by atoms with Gasteiger partial charge in [-0.1, -0.05) is 0 Å². The van der Waals surface area contributed by atoms with Gasteiger partial charge in [-0.15, -0.1) is 0 Å². The van der Waals surface area contributed by atoms with Crippen LogP contribution in [0.25, 0.3) is 0 Å². The monoisotopic (exact) mass is 250 g/mol. The Morgan fingerprint density at radius 1 is 1.56 bits per heavy atom. The number of ether oxygens (including phenoxy) is 1. The zero-order valence-corrected chi connectivity index (χ0v) is 11.0. The van der Waals surface area contributed by atoms with Crippen LogP contribution < -0.4 is 5.73 Å². The summed E-state index contributed by atoms with van der Waals surface area (Å²) in [5.74, 6) is 0.341. The molecule has 16 heavy (non-hydrogen) atoms. The van der Waals surface area contributed by atoms with Gasteiger partial charge in [0.05, 0.1) is 11.9 Å². The van der Waals surface area contributed by atoms with Crippen molar-refractivity contribution in [1.82, 2.24) is 4.31 Å². The van der Waals surface area contributed by atoms with Gasteiger partial charge >= 0.3 is 0 Å². The number of nitrogens with zero attached hydrogens (tertiary/aromatic N) is 1. The van der Waals surface area contributed by atoms with Crippen LogP contribution in [0.15, 0.2) is 0 Å². The third-order valence-electron chi connectivity index (χ3n) is 3.14. The molecule has 0 amide bonds. The number of nitrogens with two attached hydrogens (primary N) is 1. The van der Waals surface area contributed by atoms with Crippen molar-refractivity contribution in [2.24, 2.45) is 11.7 Å². The van der Waals surface area contributed by atoms with Gasteiger partial charge in [-0.3, -0.25) is 0 Å². The molecule has 1 heterocycles. The highest BCUT2D eigenvalue weighted by molar-refractivity contribution is 7.89. The van der Waals surface area contributed by atoms with E-state index in [1.807, 2.05) is 6.92 Å². The van der Waals surface area contributed by atoms with Gasteiger partial charge < -0.3 is 10.5 Å². The molecule has 96 valence electrons. The summed E-state index contributed by atoms with van der Waals surface area (Å²) in [6.45, 7) is 4.80. The fraction of sp³-hybridized carbons (Fsp3) is 1.00. The molecule has 0 radical (unpaired) electrons. The van der Waals surface area contributed by atoms with Crippen molar-refractivity contribution in [2.45, 2.75) is 32.4 Å². The maximum absolute atomic E-state index is 12.1. The third-order valence-corrected chi connectivity index (χ3v) is 5.26. The van der Waals surface area contributed by atoms with Gasteiger partial charge in [0.15, 0.2) is 0 Å². The Hall–Kier alpha value is -0.170. The maximum atomic E-state index is 12.1. The number of methoxy groups -OCH3 is 1. The number of rotatable bonds is 5. The molecule has 0 aliphatic carbocycles. The highest BCUT2D eigenvalue weighted by atomic mass is 32.2. The van der Waals surface area contributed by atoms with Crippen molar-refractivity contribution in [2.75, 3.05) is 26.0 Å². The van der Waals surface area contributed by atoms with Crippen LogP contribution in [0.2, 0.25) is 0 Å². The summed E-state index contributed by atoms with van der Waals surface area (Å²) in [5.41, 5.74) is 5.58. The first-order valence-electron chi connectivity index (χ1n) is 5.63. The average molecular weight is 250 g/mol. The van der Waals surface area contributed by atoms with Crippen molar-refractivity contribution in [3.05, 3.63) is 0 Å². The van der Waals surface area contributed by atoms with Crippen molar-refractivity contribution >= 4 is 10.0 Å². The molecule has 0 spiro atoms. The van der Waals surface area contributed by atoms with Gasteiger partial charge in [0, 0.05) is 19.7 Å². The number of hydrogen-bond donors (Lipinski definition) is 1. The van der Waals surface area contributed by atoms with Crippen LogP contribution in [0.5, 0.6) is 0 Å². The van der Waals surface area contributed by atoms with E-state index in [1.54, 1.807) is 11.2 Å². The molecular weight excluding hydrogens is 228 g/mol. The second-order valence-electron chi connectivity index (χ2n) is 4.58. The highest BCUT2D eigenvalue weighted by Gasteiger charge is 2.36. The highest BCUT2D eigenvalue weighted by Crippen LogP contribution is 2.25. The minimum atomic E-state index is -3.21. The molecule has 0 aromatic rings. The Morgan fingerprint density at radius 2 is 2.19 bits per heavy atom. The van der Waals surface area contributed by atoms with E-state index < -0.39 is 10.0 Å². The van der Waals surface area contributed by atoms with E-state index in [1.165, 1.54) is 7.11 Å². The third kappa shape index (κ3) is 3.16. The van der Waals surface area contributed by atoms with E-state index in [9.17, 15) is 8.42 Å². The van der Waals surface area contributed by atoms with Crippen LogP contribution in [0.4, 0.5) is 0 Å². The zero-order chi connectivity index (χ0) is 12.3. The molecule has 5 nitrogen and oxygen atoms in total. The molecule has 1 aliphatic rings. The van der Waals surface area contributed by atoms with Crippen molar-refractivity contribution < 1.29 is 13.2 Å². The molecule has 1 rings (SSSR count). The molecule has 3 atom stereocenters. The van der Waals surface area contributed by atoms with Gasteiger partial charge in [-0.2, -0.15) is 4.31 Å². The fourth-order valence-corrected chi connectivity index (χ4v) is 4.12. The lowest BCUT2D eigenvalue weighted by atomic mass is 10.1. The lowest BCUT2D eigenvalue weighted by Crippen LogP contribution is -2.39. The Balaban J connectivity index is 2.69. The SMILES string of the molecule is COC(C)CS(=O)(=O)N1CC(CN)CC1C. The molecule has 6 heteroatoms. The van der Waals surface area contributed by atoms with E-state index in [0.717, 1.165) is 6.42 Å². The summed E-state index contributed by atoms with van der Waals surface area (Å²) in [5, 5.41) is 0. The van der Waals surface area contributed by atoms with E-state index in [0.29, 0.717) is 19.0 Å². The lowest BCUT2D eigenvalue weighted by Gasteiger charge is -2.22. The van der Waals surface area contributed by atoms with Gasteiger partial charge in [-0.05, 0) is 32.7 Å². The molecule has 3 unspecified atom stereocenters. The predicted molar refractivity (Wildman–Crippen MR) is 63.6 cm³/mol. The summed E-state index contributed by atoms with van der Waals surface area (Å²) >= 11 is 0. The van der Waals surface area contributed by atoms with Crippen molar-refractivity contribution in [3.8, 4) is 0 Å². The van der Waals surface area contributed by atoms with Gasteiger partial charge in [-0.25, -0.2) is 8.42 Å². The Kier molecular flexibility index (Phi) is 4.73. The van der Waals surface area contributed by atoms with E-state index in [2.05, 4.69) is 0 Å². The van der Waals surface area contributed by atoms with Crippen LogP contribution >= 0.6 is 0 Å². The molecule has 0 bridgehead atoms. The van der Waals surface area contributed by atoms with Crippen molar-refractivity contribution in [3.63, 3.8) is 0 Å². The summed E-state index contributed by atoms with van der Waals surface area (Å²) in [7, 11) is -1.69. The summed E-state index contributed by atoms with van der Waals surface area (Å²) in [6.07, 6.45) is 0.589. The minimum Gasteiger partial charge on any atom is -0.381 e. The lowest BCUT2D eigenvalue weighted by molar-refractivity contribution is 0.135. The molecule has 1 saturated heterocycles. The Morgan fingerprint density at radius 3 is 2.62 bits per heavy atom. The maximum Gasteiger partial charge on any atom is 0.216 e. The number of hydrogen-bond acceptors (Lipinski definition) is 4. The van der Waals surface area contributed by atoms with Crippen LogP contribution in [-0.4, -0.2) is 50.8 Å². The summed E-state index contributed by atoms with van der Waals surface area (Å²) in [4.78, 5) is 0. The molecular formula is C10H22N2O3S. The average Bonchev–Trinajstić information content (AvgIpc) is 2.59. The fourth-order valence-electron chi connectivity index (χ4n) is 2.13. The Labute approximate surface area is 98.0 Å². The van der Waals surface area contributed by atoms with Gasteiger partial charge in [0.1, 0.15) is 0 Å². The van der Waals surface area contributed by atoms with Crippen LogP contribution in [0, 0.1) is 5.92 Å². The first-order valence-corrected chi connectivity index (χ1v) is 7.24. The normalized spacial score (nSPS) is 29.5. The van der Waals surface area contributed by atoms with Crippen LogP contribution in [-0.2, 0) is 14.8 Å². The molecule has 1 fully saturated rings. The van der Waals surface area contributed by atoms with E-state index in [-0.39, 0.29) is 17.9 Å². The molecule has 2 N–H and O–H groups in total. The first-order chi connectivity index (χ1) is 7.40. The van der Waals surface area contributed by atoms with Crippen LogP contribution in [0.1, 0.15) is 20.3 Å². The topological polar surface area (TPSA) is 72.6 Å². The largest absolute Gasteiger partial charge is 0.381 e. The molecule has 0 aromatic carbocycles. The summed E-state index contributed by atoms with van der Waals surface area (Å²) in [6, 6.07) is 0.0580. The second-order valence-corrected chi connectivity index (χ2v) is 6.55.